The minimum absolute atomic E-state index is 0.212. The topological polar surface area (TPSA) is 92.9 Å². The fraction of sp³-hybridized carbons (Fsp3) is 0.500. The molecule has 0 aliphatic heterocycles. The first kappa shape index (κ1) is 17.1. The maximum absolute atomic E-state index is 12.1. The minimum atomic E-state index is -0.909. The Morgan fingerprint density at radius 1 is 1.43 bits per heavy atom. The summed E-state index contributed by atoms with van der Waals surface area (Å²) in [7, 11) is 0. The lowest BCUT2D eigenvalue weighted by atomic mass is 9.95. The molecule has 0 saturated carbocycles. The number of hydrogen-bond acceptors (Lipinski definition) is 5. The number of aromatic nitrogens is 4. The summed E-state index contributed by atoms with van der Waals surface area (Å²) in [6.07, 6.45) is 6.00. The summed E-state index contributed by atoms with van der Waals surface area (Å²) >= 11 is 0. The van der Waals surface area contributed by atoms with Crippen LogP contribution in [0.1, 0.15) is 44.0 Å². The van der Waals surface area contributed by atoms with Gasteiger partial charge in [0.2, 0.25) is 0 Å². The van der Waals surface area contributed by atoms with Crippen LogP contribution in [0.3, 0.4) is 0 Å². The Kier molecular flexibility index (Phi) is 5.44. The molecule has 2 N–H and O–H groups in total. The zero-order valence-corrected chi connectivity index (χ0v) is 13.7. The Balaban J connectivity index is 1.90. The summed E-state index contributed by atoms with van der Waals surface area (Å²) in [6.45, 7) is 6.17. The number of pyridine rings is 1. The van der Waals surface area contributed by atoms with Crippen molar-refractivity contribution in [3.05, 3.63) is 36.5 Å². The highest BCUT2D eigenvalue weighted by atomic mass is 16.3. The van der Waals surface area contributed by atoms with Crippen molar-refractivity contribution < 1.29 is 9.90 Å². The van der Waals surface area contributed by atoms with Gasteiger partial charge in [0.15, 0.2) is 5.82 Å². The molecule has 1 unspecified atom stereocenters. The summed E-state index contributed by atoms with van der Waals surface area (Å²) < 4.78 is 1.51. The summed E-state index contributed by atoms with van der Waals surface area (Å²) in [4.78, 5) is 20.2. The maximum atomic E-state index is 12.1. The first-order valence-electron chi connectivity index (χ1n) is 7.69. The highest BCUT2D eigenvalue weighted by molar-refractivity contribution is 5.93. The first-order chi connectivity index (χ1) is 10.9. The second-order valence-corrected chi connectivity index (χ2v) is 6.36. The molecular weight excluding hydrogens is 294 g/mol. The third kappa shape index (κ3) is 5.14. The van der Waals surface area contributed by atoms with Crippen LogP contribution in [-0.4, -0.2) is 42.9 Å². The SMILES string of the molecule is CC(C)CCC(C)(O)CNC(=O)c1ccc(-n2cncn2)nc1. The zero-order valence-electron chi connectivity index (χ0n) is 13.7. The van der Waals surface area contributed by atoms with Gasteiger partial charge in [0, 0.05) is 12.7 Å². The largest absolute Gasteiger partial charge is 0.388 e. The van der Waals surface area contributed by atoms with Crippen LogP contribution in [-0.2, 0) is 0 Å². The smallest absolute Gasteiger partial charge is 0.252 e. The molecule has 0 saturated heterocycles. The van der Waals surface area contributed by atoms with Gasteiger partial charge < -0.3 is 10.4 Å². The number of amides is 1. The van der Waals surface area contributed by atoms with Gasteiger partial charge in [-0.3, -0.25) is 4.79 Å². The van der Waals surface area contributed by atoms with Crippen LogP contribution in [0.5, 0.6) is 0 Å². The van der Waals surface area contributed by atoms with Crippen LogP contribution < -0.4 is 5.32 Å². The molecule has 0 aliphatic rings. The van der Waals surface area contributed by atoms with E-state index in [1.807, 2.05) is 0 Å². The van der Waals surface area contributed by atoms with Gasteiger partial charge in [-0.1, -0.05) is 13.8 Å². The number of hydrogen-bond donors (Lipinski definition) is 2. The number of rotatable bonds is 7. The van der Waals surface area contributed by atoms with Crippen molar-refractivity contribution >= 4 is 5.91 Å². The molecule has 2 heterocycles. The maximum Gasteiger partial charge on any atom is 0.252 e. The second-order valence-electron chi connectivity index (χ2n) is 6.36. The van der Waals surface area contributed by atoms with Gasteiger partial charge in [-0.25, -0.2) is 14.6 Å². The van der Waals surface area contributed by atoms with E-state index < -0.39 is 5.60 Å². The molecule has 23 heavy (non-hydrogen) atoms. The quantitative estimate of drug-likeness (QED) is 0.809. The lowest BCUT2D eigenvalue weighted by Crippen LogP contribution is -2.40. The number of nitrogens with zero attached hydrogens (tertiary/aromatic N) is 4. The first-order valence-corrected chi connectivity index (χ1v) is 7.69. The molecule has 0 aliphatic carbocycles. The lowest BCUT2D eigenvalue weighted by Gasteiger charge is -2.24. The predicted molar refractivity (Wildman–Crippen MR) is 86.2 cm³/mol. The van der Waals surface area contributed by atoms with E-state index >= 15 is 0 Å². The molecule has 0 fully saturated rings. The molecule has 7 nitrogen and oxygen atoms in total. The molecule has 1 amide bonds. The Morgan fingerprint density at radius 3 is 2.78 bits per heavy atom. The molecule has 2 rings (SSSR count). The van der Waals surface area contributed by atoms with Gasteiger partial charge >= 0.3 is 0 Å². The Morgan fingerprint density at radius 2 is 2.22 bits per heavy atom. The van der Waals surface area contributed by atoms with Gasteiger partial charge in [-0.15, -0.1) is 0 Å². The molecule has 0 radical (unpaired) electrons. The van der Waals surface area contributed by atoms with Gasteiger partial charge in [0.1, 0.15) is 12.7 Å². The van der Waals surface area contributed by atoms with Gasteiger partial charge in [-0.2, -0.15) is 5.10 Å². The van der Waals surface area contributed by atoms with E-state index in [1.165, 1.54) is 23.5 Å². The fourth-order valence-electron chi connectivity index (χ4n) is 2.04. The highest BCUT2D eigenvalue weighted by Gasteiger charge is 2.21. The van der Waals surface area contributed by atoms with E-state index in [9.17, 15) is 9.90 Å². The van der Waals surface area contributed by atoms with Crippen molar-refractivity contribution in [2.75, 3.05) is 6.54 Å². The van der Waals surface area contributed by atoms with Gasteiger partial charge in [0.05, 0.1) is 11.2 Å². The molecular formula is C16H23N5O2. The van der Waals surface area contributed by atoms with Crippen molar-refractivity contribution in [3.8, 4) is 5.82 Å². The molecule has 0 bridgehead atoms. The van der Waals surface area contributed by atoms with Gasteiger partial charge in [-0.05, 0) is 37.8 Å². The molecule has 0 spiro atoms. The van der Waals surface area contributed by atoms with E-state index in [1.54, 1.807) is 19.1 Å². The summed E-state index contributed by atoms with van der Waals surface area (Å²) in [5, 5.41) is 17.0. The average Bonchev–Trinajstić information content (AvgIpc) is 3.05. The van der Waals surface area contributed by atoms with Crippen LogP contribution in [0.2, 0.25) is 0 Å². The third-order valence-corrected chi connectivity index (χ3v) is 3.55. The zero-order chi connectivity index (χ0) is 16.9. The van der Waals surface area contributed by atoms with E-state index in [0.717, 1.165) is 6.42 Å². The minimum Gasteiger partial charge on any atom is -0.388 e. The van der Waals surface area contributed by atoms with Crippen LogP contribution in [0, 0.1) is 5.92 Å². The van der Waals surface area contributed by atoms with Crippen LogP contribution in [0.4, 0.5) is 0 Å². The fourth-order valence-corrected chi connectivity index (χ4v) is 2.04. The third-order valence-electron chi connectivity index (χ3n) is 3.55. The molecule has 2 aromatic rings. The van der Waals surface area contributed by atoms with E-state index in [4.69, 9.17) is 0 Å². The van der Waals surface area contributed by atoms with Crippen molar-refractivity contribution in [3.63, 3.8) is 0 Å². The Hall–Kier alpha value is -2.28. The summed E-state index contributed by atoms with van der Waals surface area (Å²) in [6, 6.07) is 3.36. The molecule has 0 aromatic carbocycles. The highest BCUT2D eigenvalue weighted by Crippen LogP contribution is 2.15. The number of carbonyl (C=O) groups excluding carboxylic acids is 1. The van der Waals surface area contributed by atoms with Crippen molar-refractivity contribution in [1.82, 2.24) is 25.1 Å². The van der Waals surface area contributed by atoms with E-state index in [-0.39, 0.29) is 12.5 Å². The van der Waals surface area contributed by atoms with E-state index in [0.29, 0.717) is 23.7 Å². The monoisotopic (exact) mass is 317 g/mol. The average molecular weight is 317 g/mol. The molecule has 124 valence electrons. The van der Waals surface area contributed by atoms with Crippen LogP contribution >= 0.6 is 0 Å². The van der Waals surface area contributed by atoms with Crippen molar-refractivity contribution in [2.24, 2.45) is 5.92 Å². The Bertz CT molecular complexity index is 620. The predicted octanol–water partition coefficient (Wildman–Crippen LogP) is 1.58. The van der Waals surface area contributed by atoms with Crippen molar-refractivity contribution in [2.45, 2.75) is 39.2 Å². The van der Waals surface area contributed by atoms with Gasteiger partial charge in [0.25, 0.3) is 5.91 Å². The lowest BCUT2D eigenvalue weighted by molar-refractivity contribution is 0.0429. The van der Waals surface area contributed by atoms with Crippen LogP contribution in [0.15, 0.2) is 31.0 Å². The second kappa shape index (κ2) is 7.32. The normalized spacial score (nSPS) is 13.8. The summed E-state index contributed by atoms with van der Waals surface area (Å²) in [5.74, 6) is 0.848. The number of nitrogens with one attached hydrogen (secondary N) is 1. The number of aliphatic hydroxyl groups is 1. The van der Waals surface area contributed by atoms with Crippen LogP contribution in [0.25, 0.3) is 5.82 Å². The molecule has 1 atom stereocenters. The summed E-state index contributed by atoms with van der Waals surface area (Å²) in [5.41, 5.74) is -0.470. The van der Waals surface area contributed by atoms with Crippen molar-refractivity contribution in [1.29, 1.82) is 0 Å². The molecule has 7 heteroatoms. The number of carbonyl (C=O) groups is 1. The molecule has 2 aromatic heterocycles. The van der Waals surface area contributed by atoms with E-state index in [2.05, 4.69) is 34.2 Å². The Labute approximate surface area is 135 Å². The standard InChI is InChI=1S/C16H23N5O2/c1-12(2)6-7-16(3,23)9-19-15(22)13-4-5-14(18-8-13)21-11-17-10-20-21/h4-5,8,10-12,23H,6-7,9H2,1-3H3,(H,19,22).